The van der Waals surface area contributed by atoms with Crippen LogP contribution in [0.25, 0.3) is 11.4 Å². The zero-order valence-electron chi connectivity index (χ0n) is 11.2. The Balaban J connectivity index is 1.84. The first-order chi connectivity index (χ1) is 10.4. The smallest absolute Gasteiger partial charge is 0.337 e. The summed E-state index contributed by atoms with van der Waals surface area (Å²) >= 11 is 0. The first-order valence-electron chi connectivity index (χ1n) is 6.16. The van der Waals surface area contributed by atoms with Gasteiger partial charge in [0, 0.05) is 5.56 Å². The summed E-state index contributed by atoms with van der Waals surface area (Å²) in [6.45, 7) is 1.75. The van der Waals surface area contributed by atoms with Crippen LogP contribution >= 0.6 is 0 Å². The molecule has 0 bridgehead atoms. The molecule has 1 aromatic carbocycles. The van der Waals surface area contributed by atoms with Crippen LogP contribution in [0.1, 0.15) is 17.3 Å². The molecule has 0 atom stereocenters. The average molecular weight is 310 g/mol. The van der Waals surface area contributed by atoms with Gasteiger partial charge in [0.1, 0.15) is 6.54 Å². The van der Waals surface area contributed by atoms with E-state index in [9.17, 15) is 13.2 Å². The SMILES string of the molecule is Cc1noc(Cn2nnc(-c3cccc(C(F)(F)F)c3)n2)n1. The van der Waals surface area contributed by atoms with Crippen LogP contribution in [-0.4, -0.2) is 30.3 Å². The second kappa shape index (κ2) is 5.20. The maximum absolute atomic E-state index is 12.7. The highest BCUT2D eigenvalue weighted by atomic mass is 19.4. The minimum Gasteiger partial charge on any atom is -0.337 e. The van der Waals surface area contributed by atoms with Gasteiger partial charge < -0.3 is 4.52 Å². The Kier molecular flexibility index (Phi) is 3.35. The van der Waals surface area contributed by atoms with Crippen molar-refractivity contribution in [1.29, 1.82) is 0 Å². The highest BCUT2D eigenvalue weighted by molar-refractivity contribution is 5.55. The number of rotatable bonds is 3. The molecule has 0 saturated heterocycles. The Morgan fingerprint density at radius 1 is 1.27 bits per heavy atom. The second-order valence-corrected chi connectivity index (χ2v) is 4.46. The number of benzene rings is 1. The van der Waals surface area contributed by atoms with Crippen LogP contribution in [-0.2, 0) is 12.7 Å². The first kappa shape index (κ1) is 14.2. The molecule has 2 aromatic heterocycles. The fourth-order valence-corrected chi connectivity index (χ4v) is 1.79. The summed E-state index contributed by atoms with van der Waals surface area (Å²) in [7, 11) is 0. The van der Waals surface area contributed by atoms with Gasteiger partial charge in [-0.3, -0.25) is 0 Å². The summed E-state index contributed by atoms with van der Waals surface area (Å²) in [5.41, 5.74) is -0.545. The fraction of sp³-hybridized carbons (Fsp3) is 0.250. The Labute approximate surface area is 121 Å². The predicted octanol–water partition coefficient (Wildman–Crippen LogP) is 2.10. The van der Waals surface area contributed by atoms with Crippen LogP contribution in [0.5, 0.6) is 0 Å². The fourth-order valence-electron chi connectivity index (χ4n) is 1.79. The summed E-state index contributed by atoms with van der Waals surface area (Å²) < 4.78 is 43.0. The van der Waals surface area contributed by atoms with Gasteiger partial charge in [0.25, 0.3) is 0 Å². The maximum Gasteiger partial charge on any atom is 0.416 e. The largest absolute Gasteiger partial charge is 0.416 e. The Morgan fingerprint density at radius 3 is 2.77 bits per heavy atom. The molecule has 0 radical (unpaired) electrons. The van der Waals surface area contributed by atoms with Crippen LogP contribution in [0, 0.1) is 6.92 Å². The van der Waals surface area contributed by atoms with E-state index in [0.29, 0.717) is 5.82 Å². The van der Waals surface area contributed by atoms with Gasteiger partial charge in [-0.15, -0.1) is 10.2 Å². The van der Waals surface area contributed by atoms with Crippen molar-refractivity contribution in [2.24, 2.45) is 0 Å². The molecule has 0 N–H and O–H groups in total. The summed E-state index contributed by atoms with van der Waals surface area (Å²) in [6.07, 6.45) is -4.42. The molecule has 3 aromatic rings. The number of aromatic nitrogens is 6. The van der Waals surface area contributed by atoms with E-state index in [1.807, 2.05) is 0 Å². The van der Waals surface area contributed by atoms with E-state index < -0.39 is 11.7 Å². The lowest BCUT2D eigenvalue weighted by Gasteiger charge is -2.06. The molecule has 0 aliphatic carbocycles. The molecule has 2 heterocycles. The Hall–Kier alpha value is -2.78. The van der Waals surface area contributed by atoms with Crippen LogP contribution in [0.2, 0.25) is 0 Å². The molecule has 0 aliphatic heterocycles. The molecular weight excluding hydrogens is 301 g/mol. The van der Waals surface area contributed by atoms with E-state index in [1.54, 1.807) is 6.92 Å². The van der Waals surface area contributed by atoms with Crippen molar-refractivity contribution in [3.8, 4) is 11.4 Å². The molecule has 0 amide bonds. The van der Waals surface area contributed by atoms with Gasteiger partial charge in [0.15, 0.2) is 5.82 Å². The van der Waals surface area contributed by atoms with Gasteiger partial charge in [-0.25, -0.2) is 0 Å². The normalized spacial score (nSPS) is 11.8. The van der Waals surface area contributed by atoms with Crippen LogP contribution in [0.15, 0.2) is 28.8 Å². The number of nitrogens with zero attached hydrogens (tertiary/aromatic N) is 6. The number of hydrogen-bond acceptors (Lipinski definition) is 6. The lowest BCUT2D eigenvalue weighted by atomic mass is 10.1. The zero-order chi connectivity index (χ0) is 15.7. The summed E-state index contributed by atoms with van der Waals surface area (Å²) in [6, 6.07) is 4.72. The molecular formula is C12H9F3N6O. The van der Waals surface area contributed by atoms with Gasteiger partial charge in [0.05, 0.1) is 5.56 Å². The summed E-state index contributed by atoms with van der Waals surface area (Å²) in [4.78, 5) is 5.15. The molecule has 10 heteroatoms. The van der Waals surface area contributed by atoms with Gasteiger partial charge in [-0.1, -0.05) is 17.3 Å². The van der Waals surface area contributed by atoms with E-state index in [-0.39, 0.29) is 23.8 Å². The monoisotopic (exact) mass is 310 g/mol. The molecule has 0 saturated carbocycles. The van der Waals surface area contributed by atoms with Crippen molar-refractivity contribution in [3.63, 3.8) is 0 Å². The minimum absolute atomic E-state index is 0.0855. The third-order valence-corrected chi connectivity index (χ3v) is 2.75. The van der Waals surface area contributed by atoms with Gasteiger partial charge in [-0.05, 0) is 24.3 Å². The molecule has 114 valence electrons. The quantitative estimate of drug-likeness (QED) is 0.737. The molecule has 0 spiro atoms. The third-order valence-electron chi connectivity index (χ3n) is 2.75. The first-order valence-corrected chi connectivity index (χ1v) is 6.16. The number of aryl methyl sites for hydroxylation is 1. The molecule has 3 rings (SSSR count). The van der Waals surface area contributed by atoms with E-state index in [2.05, 4.69) is 25.6 Å². The molecule has 0 fully saturated rings. The van der Waals surface area contributed by atoms with Gasteiger partial charge >= 0.3 is 6.18 Å². The number of halogens is 3. The average Bonchev–Trinajstić information content (AvgIpc) is 3.08. The highest BCUT2D eigenvalue weighted by Crippen LogP contribution is 2.31. The predicted molar refractivity (Wildman–Crippen MR) is 66.4 cm³/mol. The van der Waals surface area contributed by atoms with Gasteiger partial charge in [0.2, 0.25) is 11.7 Å². The standard InChI is InChI=1S/C12H9F3N6O/c1-7-16-10(22-19-7)6-21-18-11(17-20-21)8-3-2-4-9(5-8)12(13,14)15/h2-5H,6H2,1H3. The summed E-state index contributed by atoms with van der Waals surface area (Å²) in [5, 5.41) is 15.1. The second-order valence-electron chi connectivity index (χ2n) is 4.46. The zero-order valence-corrected chi connectivity index (χ0v) is 11.2. The molecule has 0 unspecified atom stereocenters. The van der Waals surface area contributed by atoms with E-state index in [4.69, 9.17) is 4.52 Å². The molecule has 7 nitrogen and oxygen atoms in total. The van der Waals surface area contributed by atoms with E-state index in [1.165, 1.54) is 16.9 Å². The number of alkyl halides is 3. The lowest BCUT2D eigenvalue weighted by molar-refractivity contribution is -0.137. The lowest BCUT2D eigenvalue weighted by Crippen LogP contribution is -2.05. The summed E-state index contributed by atoms with van der Waals surface area (Å²) in [5.74, 6) is 0.834. The van der Waals surface area contributed by atoms with Crippen molar-refractivity contribution in [2.45, 2.75) is 19.6 Å². The molecule has 22 heavy (non-hydrogen) atoms. The van der Waals surface area contributed by atoms with Crippen molar-refractivity contribution >= 4 is 0 Å². The third kappa shape index (κ3) is 2.95. The van der Waals surface area contributed by atoms with E-state index >= 15 is 0 Å². The van der Waals surface area contributed by atoms with Crippen LogP contribution in [0.4, 0.5) is 13.2 Å². The minimum atomic E-state index is -4.42. The Bertz CT molecular complexity index is 794. The van der Waals surface area contributed by atoms with Gasteiger partial charge in [-0.2, -0.15) is 23.0 Å². The topological polar surface area (TPSA) is 82.5 Å². The van der Waals surface area contributed by atoms with Crippen LogP contribution in [0.3, 0.4) is 0 Å². The molecule has 0 aliphatic rings. The van der Waals surface area contributed by atoms with Crippen molar-refractivity contribution < 1.29 is 17.7 Å². The number of tetrazole rings is 1. The van der Waals surface area contributed by atoms with Crippen molar-refractivity contribution in [3.05, 3.63) is 41.5 Å². The van der Waals surface area contributed by atoms with Crippen molar-refractivity contribution in [1.82, 2.24) is 30.3 Å². The number of hydrogen-bond donors (Lipinski definition) is 0. The van der Waals surface area contributed by atoms with Crippen molar-refractivity contribution in [2.75, 3.05) is 0 Å². The van der Waals surface area contributed by atoms with E-state index in [0.717, 1.165) is 12.1 Å². The van der Waals surface area contributed by atoms with Crippen LogP contribution < -0.4 is 0 Å². The Morgan fingerprint density at radius 2 is 2.09 bits per heavy atom. The highest BCUT2D eigenvalue weighted by Gasteiger charge is 2.30. The maximum atomic E-state index is 12.7.